The fraction of sp³-hybridized carbons (Fsp3) is 0.188. The van der Waals surface area contributed by atoms with E-state index >= 15 is 0 Å². The van der Waals surface area contributed by atoms with Gasteiger partial charge in [-0.15, -0.1) is 11.3 Å². The Kier molecular flexibility index (Phi) is 4.83. The summed E-state index contributed by atoms with van der Waals surface area (Å²) >= 11 is 1.36. The quantitative estimate of drug-likeness (QED) is 0.837. The summed E-state index contributed by atoms with van der Waals surface area (Å²) in [7, 11) is 0. The van der Waals surface area contributed by atoms with Gasteiger partial charge in [0.25, 0.3) is 0 Å². The zero-order valence-electron chi connectivity index (χ0n) is 11.4. The highest BCUT2D eigenvalue weighted by Crippen LogP contribution is 2.41. The Hall–Kier alpha value is -1.92. The van der Waals surface area contributed by atoms with Gasteiger partial charge in [-0.2, -0.15) is 13.2 Å². The van der Waals surface area contributed by atoms with Gasteiger partial charge in [-0.25, -0.2) is 0 Å². The molecule has 1 aromatic carbocycles. The van der Waals surface area contributed by atoms with Crippen LogP contribution in [0.3, 0.4) is 0 Å². The molecule has 0 amide bonds. The molecule has 0 saturated carbocycles. The Morgan fingerprint density at radius 3 is 2.36 bits per heavy atom. The molecule has 0 spiro atoms. The molecule has 2 rings (SSSR count). The van der Waals surface area contributed by atoms with Gasteiger partial charge in [-0.05, 0) is 29.2 Å². The number of ketones is 1. The van der Waals surface area contributed by atoms with Crippen LogP contribution in [0.4, 0.5) is 13.2 Å². The van der Waals surface area contributed by atoms with Crippen molar-refractivity contribution in [1.29, 1.82) is 0 Å². The van der Waals surface area contributed by atoms with Crippen LogP contribution < -0.4 is 0 Å². The summed E-state index contributed by atoms with van der Waals surface area (Å²) in [6, 6.07) is 10.1. The molecule has 116 valence electrons. The minimum absolute atomic E-state index is 0.347. The third-order valence-corrected chi connectivity index (χ3v) is 3.96. The molecule has 0 saturated heterocycles. The number of rotatable bonds is 5. The lowest BCUT2D eigenvalue weighted by Gasteiger charge is -2.30. The van der Waals surface area contributed by atoms with E-state index in [0.717, 1.165) is 23.1 Å². The smallest absolute Gasteiger partial charge is 0.376 e. The van der Waals surface area contributed by atoms with Gasteiger partial charge in [0.15, 0.2) is 11.4 Å². The summed E-state index contributed by atoms with van der Waals surface area (Å²) in [5.41, 5.74) is -3.54. The van der Waals surface area contributed by atoms with E-state index in [1.807, 2.05) is 0 Å². The SMILES string of the molecule is O=C(/C=C\c1cccs1)CC(O)(c1ccccc1)C(F)(F)F. The Morgan fingerprint density at radius 2 is 1.82 bits per heavy atom. The first-order valence-corrected chi connectivity index (χ1v) is 7.30. The average Bonchev–Trinajstić information content (AvgIpc) is 2.98. The van der Waals surface area contributed by atoms with Crippen molar-refractivity contribution in [3.05, 3.63) is 64.4 Å². The van der Waals surface area contributed by atoms with Crippen molar-refractivity contribution in [3.8, 4) is 0 Å². The molecule has 1 N–H and O–H groups in total. The van der Waals surface area contributed by atoms with E-state index in [1.165, 1.54) is 29.5 Å². The molecule has 0 aliphatic heterocycles. The van der Waals surface area contributed by atoms with Gasteiger partial charge in [-0.3, -0.25) is 4.79 Å². The highest BCUT2D eigenvalue weighted by molar-refractivity contribution is 7.10. The highest BCUT2D eigenvalue weighted by atomic mass is 32.1. The molecule has 0 aliphatic carbocycles. The second kappa shape index (κ2) is 6.46. The molecule has 2 nitrogen and oxygen atoms in total. The minimum Gasteiger partial charge on any atom is -0.376 e. The zero-order chi connectivity index (χ0) is 16.2. The number of halogens is 3. The first-order valence-electron chi connectivity index (χ1n) is 6.42. The topological polar surface area (TPSA) is 37.3 Å². The number of hydrogen-bond acceptors (Lipinski definition) is 3. The molecular formula is C16H13F3O2S. The predicted octanol–water partition coefficient (Wildman–Crippen LogP) is 4.17. The maximum absolute atomic E-state index is 13.2. The second-order valence-electron chi connectivity index (χ2n) is 4.72. The third kappa shape index (κ3) is 3.64. The first kappa shape index (κ1) is 16.5. The second-order valence-corrected chi connectivity index (χ2v) is 5.70. The molecule has 0 bridgehead atoms. The van der Waals surface area contributed by atoms with E-state index in [4.69, 9.17) is 0 Å². The summed E-state index contributed by atoms with van der Waals surface area (Å²) in [6.45, 7) is 0. The van der Waals surface area contributed by atoms with Crippen LogP contribution in [0, 0.1) is 0 Å². The van der Waals surface area contributed by atoms with Crippen LogP contribution in [-0.2, 0) is 10.4 Å². The van der Waals surface area contributed by atoms with Crippen molar-refractivity contribution in [1.82, 2.24) is 0 Å². The van der Waals surface area contributed by atoms with Crippen LogP contribution >= 0.6 is 11.3 Å². The predicted molar refractivity (Wildman–Crippen MR) is 79.4 cm³/mol. The number of allylic oxidation sites excluding steroid dienone is 1. The van der Waals surface area contributed by atoms with Crippen LogP contribution in [0.15, 0.2) is 53.9 Å². The fourth-order valence-electron chi connectivity index (χ4n) is 1.95. The number of benzene rings is 1. The lowest BCUT2D eigenvalue weighted by molar-refractivity contribution is -0.266. The van der Waals surface area contributed by atoms with Gasteiger partial charge in [0.1, 0.15) is 0 Å². The Bertz CT molecular complexity index is 648. The molecule has 1 unspecified atom stereocenters. The summed E-state index contributed by atoms with van der Waals surface area (Å²) in [4.78, 5) is 12.6. The molecule has 0 aliphatic rings. The lowest BCUT2D eigenvalue weighted by atomic mass is 9.88. The summed E-state index contributed by atoms with van der Waals surface area (Å²) in [5.74, 6) is -0.794. The van der Waals surface area contributed by atoms with Crippen molar-refractivity contribution in [2.45, 2.75) is 18.2 Å². The molecule has 1 aromatic heterocycles. The number of carbonyl (C=O) groups excluding carboxylic acids is 1. The minimum atomic E-state index is -4.94. The normalized spacial score (nSPS) is 14.9. The van der Waals surface area contributed by atoms with Crippen LogP contribution in [0.25, 0.3) is 6.08 Å². The van der Waals surface area contributed by atoms with Crippen LogP contribution in [0.1, 0.15) is 16.9 Å². The Morgan fingerprint density at radius 1 is 1.14 bits per heavy atom. The van der Waals surface area contributed by atoms with Gasteiger partial charge < -0.3 is 5.11 Å². The molecule has 22 heavy (non-hydrogen) atoms. The zero-order valence-corrected chi connectivity index (χ0v) is 12.2. The number of hydrogen-bond donors (Lipinski definition) is 1. The van der Waals surface area contributed by atoms with E-state index < -0.39 is 24.0 Å². The molecule has 0 fully saturated rings. The molecule has 6 heteroatoms. The van der Waals surface area contributed by atoms with Crippen molar-refractivity contribution in [2.75, 3.05) is 0 Å². The van der Waals surface area contributed by atoms with Gasteiger partial charge in [0, 0.05) is 4.88 Å². The molecular weight excluding hydrogens is 313 g/mol. The van der Waals surface area contributed by atoms with Crippen molar-refractivity contribution >= 4 is 23.2 Å². The van der Waals surface area contributed by atoms with Crippen molar-refractivity contribution in [3.63, 3.8) is 0 Å². The average molecular weight is 326 g/mol. The van der Waals surface area contributed by atoms with Crippen molar-refractivity contribution < 1.29 is 23.1 Å². The fourth-order valence-corrected chi connectivity index (χ4v) is 2.57. The Balaban J connectivity index is 2.23. The summed E-state index contributed by atoms with van der Waals surface area (Å²) in [5, 5.41) is 11.9. The van der Waals surface area contributed by atoms with E-state index in [-0.39, 0.29) is 5.56 Å². The largest absolute Gasteiger partial charge is 0.421 e. The number of carbonyl (C=O) groups is 1. The molecule has 2 aromatic rings. The maximum atomic E-state index is 13.2. The van der Waals surface area contributed by atoms with E-state index in [0.29, 0.717) is 0 Å². The molecule has 1 atom stereocenters. The van der Waals surface area contributed by atoms with E-state index in [1.54, 1.807) is 23.6 Å². The van der Waals surface area contributed by atoms with Crippen molar-refractivity contribution in [2.24, 2.45) is 0 Å². The molecule has 0 radical (unpaired) electrons. The van der Waals surface area contributed by atoms with Gasteiger partial charge in [0.05, 0.1) is 6.42 Å². The third-order valence-electron chi connectivity index (χ3n) is 3.13. The summed E-state index contributed by atoms with van der Waals surface area (Å²) < 4.78 is 39.7. The van der Waals surface area contributed by atoms with Crippen LogP contribution in [-0.4, -0.2) is 17.1 Å². The molecule has 1 heterocycles. The van der Waals surface area contributed by atoms with E-state index in [9.17, 15) is 23.1 Å². The maximum Gasteiger partial charge on any atom is 0.421 e. The lowest BCUT2D eigenvalue weighted by Crippen LogP contribution is -2.43. The highest BCUT2D eigenvalue weighted by Gasteiger charge is 2.55. The van der Waals surface area contributed by atoms with Gasteiger partial charge in [0.2, 0.25) is 0 Å². The Labute approximate surface area is 129 Å². The van der Waals surface area contributed by atoms with Gasteiger partial charge in [-0.1, -0.05) is 36.4 Å². The number of thiophene rings is 1. The number of alkyl halides is 3. The standard InChI is InChI=1S/C16H13F3O2S/c17-16(18,19)15(21,12-5-2-1-3-6-12)11-13(20)8-9-14-7-4-10-22-14/h1-10,21H,11H2/b9-8-. The van der Waals surface area contributed by atoms with E-state index in [2.05, 4.69) is 0 Å². The van der Waals surface area contributed by atoms with Crippen LogP contribution in [0.2, 0.25) is 0 Å². The van der Waals surface area contributed by atoms with Crippen LogP contribution in [0.5, 0.6) is 0 Å². The number of aliphatic hydroxyl groups is 1. The van der Waals surface area contributed by atoms with Gasteiger partial charge >= 0.3 is 6.18 Å². The summed E-state index contributed by atoms with van der Waals surface area (Å²) in [6.07, 6.45) is -3.50. The first-order chi connectivity index (χ1) is 10.3. The monoisotopic (exact) mass is 326 g/mol.